The molecule has 0 saturated carbocycles. The van der Waals surface area contributed by atoms with E-state index in [0.717, 1.165) is 5.56 Å². The number of nitrogens with one attached hydrogen (secondary N) is 1. The Morgan fingerprint density at radius 1 is 1.04 bits per heavy atom. The Balaban J connectivity index is 2.00. The van der Waals surface area contributed by atoms with E-state index >= 15 is 0 Å². The van der Waals surface area contributed by atoms with Crippen molar-refractivity contribution < 1.29 is 17.6 Å². The molecule has 5 nitrogen and oxygen atoms in total. The van der Waals surface area contributed by atoms with Crippen LogP contribution in [0.2, 0.25) is 0 Å². The lowest BCUT2D eigenvalue weighted by Gasteiger charge is -2.34. The van der Waals surface area contributed by atoms with E-state index in [4.69, 9.17) is 0 Å². The number of carbonyl (C=O) groups is 1. The number of rotatable bonds is 3. The third kappa shape index (κ3) is 3.89. The van der Waals surface area contributed by atoms with Crippen molar-refractivity contribution in [1.29, 1.82) is 0 Å². The third-order valence-corrected chi connectivity index (χ3v) is 6.56. The van der Waals surface area contributed by atoms with Crippen LogP contribution in [0.5, 0.6) is 0 Å². The molecule has 0 spiro atoms. The Morgan fingerprint density at radius 3 is 2.19 bits per heavy atom. The molecule has 0 aromatic heterocycles. The van der Waals surface area contributed by atoms with Crippen molar-refractivity contribution in [3.8, 4) is 0 Å². The fourth-order valence-corrected chi connectivity index (χ4v) is 4.71. The molecule has 2 aromatic carbocycles. The molecule has 3 rings (SSSR count). The van der Waals surface area contributed by atoms with Gasteiger partial charge in [-0.3, -0.25) is 4.79 Å². The standard InChI is InChI=1S/C20H23FN2O3S/c1-20(2,3)15-6-10-17(11-7-15)27(25,26)23-13-12-22-19(24)18(23)14-4-8-16(21)9-5-14/h4-11,18H,12-13H2,1-3H3,(H,22,24). The molecular weight excluding hydrogens is 367 g/mol. The lowest BCUT2D eigenvalue weighted by atomic mass is 9.87. The number of halogens is 1. The number of carbonyl (C=O) groups excluding carboxylic acids is 1. The fourth-order valence-electron chi connectivity index (χ4n) is 3.13. The molecule has 7 heteroatoms. The van der Waals surface area contributed by atoms with E-state index in [0.29, 0.717) is 5.56 Å². The summed E-state index contributed by atoms with van der Waals surface area (Å²) in [5, 5.41) is 2.69. The number of sulfonamides is 1. The van der Waals surface area contributed by atoms with Crippen LogP contribution in [0, 0.1) is 5.82 Å². The second-order valence-electron chi connectivity index (χ2n) is 7.64. The van der Waals surface area contributed by atoms with Crippen molar-refractivity contribution in [3.63, 3.8) is 0 Å². The Hall–Kier alpha value is -2.25. The molecule has 1 heterocycles. The minimum atomic E-state index is -3.89. The van der Waals surface area contributed by atoms with Gasteiger partial charge < -0.3 is 5.32 Å². The first-order valence-electron chi connectivity index (χ1n) is 8.76. The van der Waals surface area contributed by atoms with Crippen molar-refractivity contribution in [1.82, 2.24) is 9.62 Å². The van der Waals surface area contributed by atoms with E-state index in [1.165, 1.54) is 28.6 Å². The van der Waals surface area contributed by atoms with Crippen molar-refractivity contribution >= 4 is 15.9 Å². The molecule has 1 N–H and O–H groups in total. The highest BCUT2D eigenvalue weighted by atomic mass is 32.2. The number of hydrogen-bond donors (Lipinski definition) is 1. The van der Waals surface area contributed by atoms with Crippen LogP contribution < -0.4 is 5.32 Å². The maximum atomic E-state index is 13.2. The van der Waals surface area contributed by atoms with Crippen LogP contribution >= 0.6 is 0 Å². The van der Waals surface area contributed by atoms with Gasteiger partial charge in [0.05, 0.1) is 4.90 Å². The molecule has 1 aliphatic rings. The second-order valence-corrected chi connectivity index (χ2v) is 9.53. The van der Waals surface area contributed by atoms with Crippen molar-refractivity contribution in [2.24, 2.45) is 0 Å². The molecule has 1 atom stereocenters. The van der Waals surface area contributed by atoms with Crippen LogP contribution in [0.25, 0.3) is 0 Å². The van der Waals surface area contributed by atoms with Crippen LogP contribution in [0.4, 0.5) is 4.39 Å². The summed E-state index contributed by atoms with van der Waals surface area (Å²) < 4.78 is 40.9. The number of piperazine rings is 1. The van der Waals surface area contributed by atoms with Crippen LogP contribution in [0.3, 0.4) is 0 Å². The molecule has 2 aromatic rings. The summed E-state index contributed by atoms with van der Waals surface area (Å²) in [4.78, 5) is 12.6. The van der Waals surface area contributed by atoms with Crippen molar-refractivity contribution in [2.75, 3.05) is 13.1 Å². The molecular formula is C20H23FN2O3S. The molecule has 1 amide bonds. The molecule has 1 aliphatic heterocycles. The summed E-state index contributed by atoms with van der Waals surface area (Å²) in [6.45, 7) is 6.54. The van der Waals surface area contributed by atoms with Crippen molar-refractivity contribution in [3.05, 3.63) is 65.5 Å². The zero-order valence-corrected chi connectivity index (χ0v) is 16.4. The first-order chi connectivity index (χ1) is 12.6. The largest absolute Gasteiger partial charge is 0.353 e. The van der Waals surface area contributed by atoms with Gasteiger partial charge in [0, 0.05) is 13.1 Å². The van der Waals surface area contributed by atoms with Gasteiger partial charge in [-0.2, -0.15) is 4.31 Å². The van der Waals surface area contributed by atoms with E-state index in [2.05, 4.69) is 26.1 Å². The Bertz CT molecular complexity index is 933. The van der Waals surface area contributed by atoms with Gasteiger partial charge in [0.1, 0.15) is 11.9 Å². The van der Waals surface area contributed by atoms with Crippen molar-refractivity contribution in [2.45, 2.75) is 37.1 Å². The fraction of sp³-hybridized carbons (Fsp3) is 0.350. The Labute approximate surface area is 159 Å². The minimum absolute atomic E-state index is 0.0933. The van der Waals surface area contributed by atoms with Gasteiger partial charge in [0.2, 0.25) is 15.9 Å². The summed E-state index contributed by atoms with van der Waals surface area (Å²) >= 11 is 0. The van der Waals surface area contributed by atoms with Gasteiger partial charge in [-0.05, 0) is 40.8 Å². The Kier molecular flexibility index (Phi) is 5.10. The number of amides is 1. The molecule has 0 bridgehead atoms. The average Bonchev–Trinajstić information content (AvgIpc) is 2.62. The van der Waals surface area contributed by atoms with Gasteiger partial charge >= 0.3 is 0 Å². The van der Waals surface area contributed by atoms with Gasteiger partial charge in [0.25, 0.3) is 0 Å². The minimum Gasteiger partial charge on any atom is -0.353 e. The number of hydrogen-bond acceptors (Lipinski definition) is 3. The van der Waals surface area contributed by atoms with Gasteiger partial charge in [-0.1, -0.05) is 45.0 Å². The van der Waals surface area contributed by atoms with Crippen LogP contribution in [-0.4, -0.2) is 31.7 Å². The van der Waals surface area contributed by atoms with E-state index in [1.54, 1.807) is 24.3 Å². The maximum Gasteiger partial charge on any atom is 0.244 e. The topological polar surface area (TPSA) is 66.5 Å². The smallest absolute Gasteiger partial charge is 0.244 e. The zero-order valence-electron chi connectivity index (χ0n) is 15.6. The quantitative estimate of drug-likeness (QED) is 0.876. The monoisotopic (exact) mass is 390 g/mol. The molecule has 1 saturated heterocycles. The molecule has 0 radical (unpaired) electrons. The first-order valence-corrected chi connectivity index (χ1v) is 10.2. The normalized spacial score (nSPS) is 19.0. The molecule has 0 aliphatic carbocycles. The van der Waals surface area contributed by atoms with Gasteiger partial charge in [-0.25, -0.2) is 12.8 Å². The second kappa shape index (κ2) is 7.05. The summed E-state index contributed by atoms with van der Waals surface area (Å²) in [7, 11) is -3.89. The molecule has 27 heavy (non-hydrogen) atoms. The highest BCUT2D eigenvalue weighted by molar-refractivity contribution is 7.89. The summed E-state index contributed by atoms with van der Waals surface area (Å²) in [6, 6.07) is 11.0. The summed E-state index contributed by atoms with van der Waals surface area (Å²) in [5.74, 6) is -0.857. The molecule has 1 unspecified atom stereocenters. The predicted molar refractivity (Wildman–Crippen MR) is 101 cm³/mol. The van der Waals surface area contributed by atoms with E-state index in [-0.39, 0.29) is 23.4 Å². The van der Waals surface area contributed by atoms with Crippen LogP contribution in [0.15, 0.2) is 53.4 Å². The maximum absolute atomic E-state index is 13.2. The third-order valence-electron chi connectivity index (χ3n) is 4.68. The highest BCUT2D eigenvalue weighted by Crippen LogP contribution is 2.31. The predicted octanol–water partition coefficient (Wildman–Crippen LogP) is 2.99. The van der Waals surface area contributed by atoms with Crippen LogP contribution in [0.1, 0.15) is 37.9 Å². The first kappa shape index (κ1) is 19.5. The van der Waals surface area contributed by atoms with Crippen LogP contribution in [-0.2, 0) is 20.2 Å². The lowest BCUT2D eigenvalue weighted by Crippen LogP contribution is -2.52. The van der Waals surface area contributed by atoms with Gasteiger partial charge in [-0.15, -0.1) is 0 Å². The van der Waals surface area contributed by atoms with E-state index in [1.807, 2.05) is 0 Å². The van der Waals surface area contributed by atoms with Gasteiger partial charge in [0.15, 0.2) is 0 Å². The number of benzene rings is 2. The van der Waals surface area contributed by atoms with E-state index in [9.17, 15) is 17.6 Å². The number of nitrogens with zero attached hydrogens (tertiary/aromatic N) is 1. The Morgan fingerprint density at radius 2 is 1.63 bits per heavy atom. The lowest BCUT2D eigenvalue weighted by molar-refractivity contribution is -0.126. The van der Waals surface area contributed by atoms with E-state index < -0.39 is 27.8 Å². The highest BCUT2D eigenvalue weighted by Gasteiger charge is 2.39. The molecule has 1 fully saturated rings. The average molecular weight is 390 g/mol. The summed E-state index contributed by atoms with van der Waals surface area (Å²) in [6.07, 6.45) is 0. The zero-order chi connectivity index (χ0) is 19.8. The molecule has 144 valence electrons. The summed E-state index contributed by atoms with van der Waals surface area (Å²) in [5.41, 5.74) is 1.36. The SMILES string of the molecule is CC(C)(C)c1ccc(S(=O)(=O)N2CCNC(=O)C2c2ccc(F)cc2)cc1.